The Kier molecular flexibility index (Phi) is 3.91. The molecular formula is C14H9BrClF2N3. The zero-order chi connectivity index (χ0) is 15.0. The number of nitrogens with zero attached hydrogens (tertiary/aromatic N) is 3. The summed E-state index contributed by atoms with van der Waals surface area (Å²) in [7, 11) is 0. The Morgan fingerprint density at radius 1 is 1.24 bits per heavy atom. The lowest BCUT2D eigenvalue weighted by atomic mass is 10.2. The van der Waals surface area contributed by atoms with E-state index in [1.807, 2.05) is 0 Å². The maximum atomic E-state index is 14.1. The van der Waals surface area contributed by atoms with Crippen LogP contribution in [-0.2, 0) is 6.42 Å². The predicted molar refractivity (Wildman–Crippen MR) is 80.9 cm³/mol. The molecule has 1 aromatic carbocycles. The molecule has 0 aliphatic carbocycles. The van der Waals surface area contributed by atoms with E-state index in [-0.39, 0.29) is 5.69 Å². The van der Waals surface area contributed by atoms with E-state index in [4.69, 9.17) is 11.6 Å². The number of hydrogen-bond donors (Lipinski definition) is 0. The second kappa shape index (κ2) is 5.69. The van der Waals surface area contributed by atoms with E-state index in [1.165, 1.54) is 22.8 Å². The maximum absolute atomic E-state index is 14.1. The Balaban J connectivity index is 2.36. The van der Waals surface area contributed by atoms with Crippen LogP contribution in [0.15, 0.2) is 34.9 Å². The van der Waals surface area contributed by atoms with Gasteiger partial charge in [0, 0.05) is 23.0 Å². The summed E-state index contributed by atoms with van der Waals surface area (Å²) in [6.45, 7) is 0. The molecule has 0 bridgehead atoms. The number of aryl methyl sites for hydroxylation is 1. The minimum absolute atomic E-state index is 0.185. The maximum Gasteiger partial charge on any atom is 0.164 e. The fourth-order valence-corrected chi connectivity index (χ4v) is 2.67. The van der Waals surface area contributed by atoms with Crippen molar-refractivity contribution in [3.05, 3.63) is 52.4 Å². The van der Waals surface area contributed by atoms with Crippen molar-refractivity contribution < 1.29 is 8.78 Å². The summed E-state index contributed by atoms with van der Waals surface area (Å²) in [6, 6.07) is 5.47. The number of aromatic nitrogens is 3. The van der Waals surface area contributed by atoms with Crippen molar-refractivity contribution in [3.8, 4) is 5.69 Å². The van der Waals surface area contributed by atoms with Crippen LogP contribution in [0, 0.1) is 11.6 Å². The molecule has 21 heavy (non-hydrogen) atoms. The van der Waals surface area contributed by atoms with Gasteiger partial charge in [-0.1, -0.05) is 6.07 Å². The summed E-state index contributed by atoms with van der Waals surface area (Å²) < 4.78 is 30.3. The van der Waals surface area contributed by atoms with Crippen LogP contribution in [0.5, 0.6) is 0 Å². The highest BCUT2D eigenvalue weighted by molar-refractivity contribution is 9.10. The lowest BCUT2D eigenvalue weighted by Gasteiger charge is -2.10. The number of rotatable bonds is 3. The molecule has 0 aliphatic heterocycles. The molecule has 0 atom stereocenters. The van der Waals surface area contributed by atoms with Crippen molar-refractivity contribution in [3.63, 3.8) is 0 Å². The Labute approximate surface area is 132 Å². The van der Waals surface area contributed by atoms with Crippen LogP contribution in [0.1, 0.15) is 5.82 Å². The van der Waals surface area contributed by atoms with Crippen LogP contribution in [0.3, 0.4) is 0 Å². The van der Waals surface area contributed by atoms with Gasteiger partial charge in [0.1, 0.15) is 28.7 Å². The molecule has 0 N–H and O–H groups in total. The molecule has 7 heteroatoms. The number of halogens is 4. The number of imidazole rings is 1. The van der Waals surface area contributed by atoms with Gasteiger partial charge in [-0.25, -0.2) is 18.7 Å². The molecule has 0 amide bonds. The number of alkyl halides is 1. The fourth-order valence-electron chi connectivity index (χ4n) is 2.18. The molecule has 0 spiro atoms. The van der Waals surface area contributed by atoms with Crippen molar-refractivity contribution in [1.29, 1.82) is 0 Å². The second-order valence-corrected chi connectivity index (χ2v) is 5.66. The molecule has 2 aromatic heterocycles. The summed E-state index contributed by atoms with van der Waals surface area (Å²) in [5, 5.41) is 0. The SMILES string of the molecule is Fc1cccc(F)c1-n1c(CCCl)nc2cc(Br)cnc21. The zero-order valence-electron chi connectivity index (χ0n) is 10.7. The van der Waals surface area contributed by atoms with E-state index >= 15 is 0 Å². The Morgan fingerprint density at radius 2 is 1.95 bits per heavy atom. The van der Waals surface area contributed by atoms with Crippen LogP contribution >= 0.6 is 27.5 Å². The van der Waals surface area contributed by atoms with E-state index in [1.54, 1.807) is 12.3 Å². The Bertz CT molecular complexity index is 799. The van der Waals surface area contributed by atoms with Crippen LogP contribution < -0.4 is 0 Å². The van der Waals surface area contributed by atoms with E-state index < -0.39 is 11.6 Å². The molecule has 0 aliphatic rings. The van der Waals surface area contributed by atoms with Crippen LogP contribution in [0.2, 0.25) is 0 Å². The first kappa shape index (κ1) is 14.4. The van der Waals surface area contributed by atoms with Gasteiger partial charge >= 0.3 is 0 Å². The van der Waals surface area contributed by atoms with Gasteiger partial charge in [0.05, 0.1) is 0 Å². The number of fused-ring (bicyclic) bond motifs is 1. The highest BCUT2D eigenvalue weighted by Gasteiger charge is 2.19. The molecule has 0 unspecified atom stereocenters. The molecular weight excluding hydrogens is 364 g/mol. The van der Waals surface area contributed by atoms with Crippen molar-refractivity contribution in [2.75, 3.05) is 5.88 Å². The summed E-state index contributed by atoms with van der Waals surface area (Å²) >= 11 is 9.07. The van der Waals surface area contributed by atoms with Gasteiger partial charge < -0.3 is 0 Å². The highest BCUT2D eigenvalue weighted by Crippen LogP contribution is 2.26. The van der Waals surface area contributed by atoms with Gasteiger partial charge in [-0.3, -0.25) is 4.57 Å². The topological polar surface area (TPSA) is 30.7 Å². The third-order valence-corrected chi connectivity index (χ3v) is 3.64. The largest absolute Gasteiger partial charge is 0.275 e. The van der Waals surface area contributed by atoms with Gasteiger partial charge in [-0.05, 0) is 34.1 Å². The molecule has 3 aromatic rings. The number of hydrogen-bond acceptors (Lipinski definition) is 2. The molecule has 0 saturated heterocycles. The highest BCUT2D eigenvalue weighted by atomic mass is 79.9. The third kappa shape index (κ3) is 2.53. The fraction of sp³-hybridized carbons (Fsp3) is 0.143. The van der Waals surface area contributed by atoms with Gasteiger partial charge in [0.15, 0.2) is 5.65 Å². The molecule has 0 fully saturated rings. The van der Waals surface area contributed by atoms with Crippen molar-refractivity contribution in [2.45, 2.75) is 6.42 Å². The van der Waals surface area contributed by atoms with Crippen LogP contribution in [-0.4, -0.2) is 20.4 Å². The van der Waals surface area contributed by atoms with Crippen molar-refractivity contribution in [2.24, 2.45) is 0 Å². The first-order chi connectivity index (χ1) is 10.1. The number of para-hydroxylation sites is 1. The van der Waals surface area contributed by atoms with Crippen molar-refractivity contribution in [1.82, 2.24) is 14.5 Å². The quantitative estimate of drug-likeness (QED) is 0.644. The molecule has 108 valence electrons. The molecule has 2 heterocycles. The average Bonchev–Trinajstić information content (AvgIpc) is 2.77. The van der Waals surface area contributed by atoms with E-state index in [9.17, 15) is 8.78 Å². The van der Waals surface area contributed by atoms with Gasteiger partial charge in [-0.2, -0.15) is 0 Å². The lowest BCUT2D eigenvalue weighted by molar-refractivity contribution is 0.567. The monoisotopic (exact) mass is 371 g/mol. The number of benzene rings is 1. The normalized spacial score (nSPS) is 11.2. The van der Waals surface area contributed by atoms with Crippen LogP contribution in [0.4, 0.5) is 8.78 Å². The molecule has 0 saturated carbocycles. The van der Waals surface area contributed by atoms with Gasteiger partial charge in [-0.15, -0.1) is 11.6 Å². The third-order valence-electron chi connectivity index (χ3n) is 3.01. The lowest BCUT2D eigenvalue weighted by Crippen LogP contribution is -2.07. The molecule has 3 rings (SSSR count). The van der Waals surface area contributed by atoms with E-state index in [2.05, 4.69) is 25.9 Å². The summed E-state index contributed by atoms with van der Waals surface area (Å²) in [4.78, 5) is 8.59. The zero-order valence-corrected chi connectivity index (χ0v) is 13.0. The summed E-state index contributed by atoms with van der Waals surface area (Å²) in [5.74, 6) is -0.583. The first-order valence-electron chi connectivity index (χ1n) is 6.15. The summed E-state index contributed by atoms with van der Waals surface area (Å²) in [5.41, 5.74) is 0.754. The summed E-state index contributed by atoms with van der Waals surface area (Å²) in [6.07, 6.45) is 1.94. The van der Waals surface area contributed by atoms with Crippen molar-refractivity contribution >= 4 is 38.7 Å². The Hall–Kier alpha value is -1.53. The Morgan fingerprint density at radius 3 is 2.62 bits per heavy atom. The van der Waals surface area contributed by atoms with E-state index in [0.29, 0.717) is 29.3 Å². The van der Waals surface area contributed by atoms with Gasteiger partial charge in [0.25, 0.3) is 0 Å². The number of pyridine rings is 1. The first-order valence-corrected chi connectivity index (χ1v) is 7.48. The van der Waals surface area contributed by atoms with Gasteiger partial charge in [0.2, 0.25) is 0 Å². The predicted octanol–water partition coefficient (Wildman–Crippen LogP) is 4.24. The minimum atomic E-state index is -0.671. The standard InChI is InChI=1S/C14H9BrClF2N3/c15-8-6-11-14(19-7-8)21(12(20-11)4-5-16)13-9(17)2-1-3-10(13)18/h1-3,6-7H,4-5H2. The van der Waals surface area contributed by atoms with E-state index in [0.717, 1.165) is 4.47 Å². The van der Waals surface area contributed by atoms with Crippen LogP contribution in [0.25, 0.3) is 16.9 Å². The smallest absolute Gasteiger partial charge is 0.164 e. The molecule has 0 radical (unpaired) electrons. The minimum Gasteiger partial charge on any atom is -0.275 e. The second-order valence-electron chi connectivity index (χ2n) is 4.37. The average molecular weight is 373 g/mol. The molecule has 3 nitrogen and oxygen atoms in total.